The summed E-state index contributed by atoms with van der Waals surface area (Å²) in [5.74, 6) is 2.72. The van der Waals surface area contributed by atoms with E-state index in [1.54, 1.807) is 0 Å². The maximum atomic E-state index is 9.00. The standard InChI is InChI=1S/C19H21N3/c1-13-12-22(18-5-3-2-4-16(13)18)19-9-7-15-10-14(11-20)6-8-17(15)21-19/h6-10,13,16,18H,2-5,12H2,1H3. The van der Waals surface area contributed by atoms with E-state index in [1.807, 2.05) is 18.2 Å². The summed E-state index contributed by atoms with van der Waals surface area (Å²) in [6.45, 7) is 3.52. The fraction of sp³-hybridized carbons (Fsp3) is 0.474. The molecule has 2 aromatic rings. The lowest BCUT2D eigenvalue weighted by Gasteiger charge is -2.32. The van der Waals surface area contributed by atoms with Crippen LogP contribution >= 0.6 is 0 Å². The average molecular weight is 291 g/mol. The average Bonchev–Trinajstić information content (AvgIpc) is 2.91. The lowest BCUT2D eigenvalue weighted by Crippen LogP contribution is -2.35. The Morgan fingerprint density at radius 1 is 1.18 bits per heavy atom. The van der Waals surface area contributed by atoms with Crippen LogP contribution < -0.4 is 4.90 Å². The molecule has 22 heavy (non-hydrogen) atoms. The molecule has 112 valence electrons. The van der Waals surface area contributed by atoms with E-state index in [1.165, 1.54) is 25.7 Å². The van der Waals surface area contributed by atoms with Crippen molar-refractivity contribution >= 4 is 16.7 Å². The summed E-state index contributed by atoms with van der Waals surface area (Å²) in [5, 5.41) is 10.1. The van der Waals surface area contributed by atoms with Crippen molar-refractivity contribution in [3.63, 3.8) is 0 Å². The molecule has 3 nitrogen and oxygen atoms in total. The van der Waals surface area contributed by atoms with Crippen LogP contribution in [0.5, 0.6) is 0 Å². The number of hydrogen-bond donors (Lipinski definition) is 0. The van der Waals surface area contributed by atoms with Crippen molar-refractivity contribution in [1.29, 1.82) is 5.26 Å². The SMILES string of the molecule is CC1CN(c2ccc3cc(C#N)ccc3n2)C2CCCCC12. The van der Waals surface area contributed by atoms with Gasteiger partial charge in [0.1, 0.15) is 5.82 Å². The fourth-order valence-corrected chi connectivity index (χ4v) is 4.38. The highest BCUT2D eigenvalue weighted by Gasteiger charge is 2.40. The van der Waals surface area contributed by atoms with Gasteiger partial charge in [0.05, 0.1) is 17.1 Å². The smallest absolute Gasteiger partial charge is 0.129 e. The Bertz CT molecular complexity index is 746. The van der Waals surface area contributed by atoms with Gasteiger partial charge in [-0.3, -0.25) is 0 Å². The third kappa shape index (κ3) is 2.14. The van der Waals surface area contributed by atoms with Crippen molar-refractivity contribution in [3.05, 3.63) is 35.9 Å². The van der Waals surface area contributed by atoms with Crippen LogP contribution in [-0.4, -0.2) is 17.6 Å². The first-order chi connectivity index (χ1) is 10.8. The van der Waals surface area contributed by atoms with Crippen LogP contribution in [0.2, 0.25) is 0 Å². The van der Waals surface area contributed by atoms with Crippen molar-refractivity contribution < 1.29 is 0 Å². The zero-order valence-electron chi connectivity index (χ0n) is 13.0. The van der Waals surface area contributed by atoms with E-state index in [4.69, 9.17) is 10.2 Å². The Morgan fingerprint density at radius 3 is 2.91 bits per heavy atom. The third-order valence-electron chi connectivity index (χ3n) is 5.50. The number of rotatable bonds is 1. The predicted octanol–water partition coefficient (Wildman–Crippen LogP) is 4.12. The Morgan fingerprint density at radius 2 is 2.05 bits per heavy atom. The number of benzene rings is 1. The zero-order chi connectivity index (χ0) is 15.1. The molecule has 0 N–H and O–H groups in total. The number of fused-ring (bicyclic) bond motifs is 2. The second kappa shape index (κ2) is 5.28. The number of anilines is 1. The quantitative estimate of drug-likeness (QED) is 0.793. The Kier molecular flexibility index (Phi) is 3.26. The molecule has 0 bridgehead atoms. The molecule has 4 rings (SSSR count). The van der Waals surface area contributed by atoms with E-state index in [0.29, 0.717) is 11.6 Å². The van der Waals surface area contributed by atoms with Crippen molar-refractivity contribution in [2.75, 3.05) is 11.4 Å². The van der Waals surface area contributed by atoms with E-state index in [9.17, 15) is 0 Å². The fourth-order valence-electron chi connectivity index (χ4n) is 4.38. The van der Waals surface area contributed by atoms with Gasteiger partial charge in [-0.1, -0.05) is 19.8 Å². The first kappa shape index (κ1) is 13.6. The Labute approximate surface area is 131 Å². The van der Waals surface area contributed by atoms with Crippen LogP contribution in [0.25, 0.3) is 10.9 Å². The van der Waals surface area contributed by atoms with Gasteiger partial charge < -0.3 is 4.90 Å². The lowest BCUT2D eigenvalue weighted by atomic mass is 9.80. The first-order valence-corrected chi connectivity index (χ1v) is 8.34. The summed E-state index contributed by atoms with van der Waals surface area (Å²) in [4.78, 5) is 7.41. The van der Waals surface area contributed by atoms with Crippen molar-refractivity contribution in [2.24, 2.45) is 11.8 Å². The van der Waals surface area contributed by atoms with Gasteiger partial charge in [0.15, 0.2) is 0 Å². The van der Waals surface area contributed by atoms with Crippen molar-refractivity contribution in [2.45, 2.75) is 38.6 Å². The summed E-state index contributed by atoms with van der Waals surface area (Å²) >= 11 is 0. The maximum Gasteiger partial charge on any atom is 0.129 e. The second-order valence-electron chi connectivity index (χ2n) is 6.83. The van der Waals surface area contributed by atoms with Gasteiger partial charge in [0.25, 0.3) is 0 Å². The van der Waals surface area contributed by atoms with Crippen LogP contribution in [0.15, 0.2) is 30.3 Å². The van der Waals surface area contributed by atoms with E-state index in [0.717, 1.165) is 35.1 Å². The van der Waals surface area contributed by atoms with Crippen LogP contribution in [0.4, 0.5) is 5.82 Å². The van der Waals surface area contributed by atoms with Crippen molar-refractivity contribution in [3.8, 4) is 6.07 Å². The van der Waals surface area contributed by atoms with Crippen LogP contribution in [0, 0.1) is 23.2 Å². The summed E-state index contributed by atoms with van der Waals surface area (Å²) in [5.41, 5.74) is 1.69. The van der Waals surface area contributed by atoms with Crippen LogP contribution in [0.1, 0.15) is 38.2 Å². The second-order valence-corrected chi connectivity index (χ2v) is 6.83. The number of nitriles is 1. The lowest BCUT2D eigenvalue weighted by molar-refractivity contribution is 0.293. The monoisotopic (exact) mass is 291 g/mol. The first-order valence-electron chi connectivity index (χ1n) is 8.34. The molecule has 0 amide bonds. The zero-order valence-corrected chi connectivity index (χ0v) is 13.0. The minimum absolute atomic E-state index is 0.673. The molecule has 0 radical (unpaired) electrons. The number of nitrogens with zero attached hydrogens (tertiary/aromatic N) is 3. The highest BCUT2D eigenvalue weighted by atomic mass is 15.2. The third-order valence-corrected chi connectivity index (χ3v) is 5.50. The van der Waals surface area contributed by atoms with Gasteiger partial charge in [0, 0.05) is 18.0 Å². The van der Waals surface area contributed by atoms with Crippen LogP contribution in [0.3, 0.4) is 0 Å². The Balaban J connectivity index is 1.70. The number of aromatic nitrogens is 1. The molecular weight excluding hydrogens is 270 g/mol. The normalized spacial score (nSPS) is 27.6. The predicted molar refractivity (Wildman–Crippen MR) is 88.7 cm³/mol. The highest BCUT2D eigenvalue weighted by molar-refractivity contribution is 5.81. The molecule has 2 fully saturated rings. The molecule has 2 heterocycles. The Hall–Kier alpha value is -2.08. The van der Waals surface area contributed by atoms with Gasteiger partial charge in [0.2, 0.25) is 0 Å². The van der Waals surface area contributed by atoms with Gasteiger partial charge in [-0.2, -0.15) is 5.26 Å². The van der Waals surface area contributed by atoms with Crippen LogP contribution in [-0.2, 0) is 0 Å². The molecule has 1 saturated carbocycles. The maximum absolute atomic E-state index is 9.00. The number of pyridine rings is 1. The van der Waals surface area contributed by atoms with Gasteiger partial charge in [-0.25, -0.2) is 4.98 Å². The molecule has 1 aromatic heterocycles. The summed E-state index contributed by atoms with van der Waals surface area (Å²) in [6, 6.07) is 12.9. The molecule has 1 aliphatic heterocycles. The van der Waals surface area contributed by atoms with Gasteiger partial charge >= 0.3 is 0 Å². The van der Waals surface area contributed by atoms with Crippen molar-refractivity contribution in [1.82, 2.24) is 4.98 Å². The molecule has 1 saturated heterocycles. The molecule has 3 atom stereocenters. The molecule has 0 spiro atoms. The van der Waals surface area contributed by atoms with E-state index in [-0.39, 0.29) is 0 Å². The van der Waals surface area contributed by atoms with E-state index >= 15 is 0 Å². The molecular formula is C19H21N3. The van der Waals surface area contributed by atoms with E-state index in [2.05, 4.69) is 30.0 Å². The topological polar surface area (TPSA) is 39.9 Å². The number of hydrogen-bond acceptors (Lipinski definition) is 3. The molecule has 3 heteroatoms. The summed E-state index contributed by atoms with van der Waals surface area (Å²) in [6.07, 6.45) is 5.43. The molecule has 3 unspecified atom stereocenters. The molecule has 2 aliphatic rings. The molecule has 1 aliphatic carbocycles. The minimum atomic E-state index is 0.673. The largest absolute Gasteiger partial charge is 0.353 e. The molecule has 1 aromatic carbocycles. The summed E-state index contributed by atoms with van der Waals surface area (Å²) < 4.78 is 0. The minimum Gasteiger partial charge on any atom is -0.353 e. The highest BCUT2D eigenvalue weighted by Crippen LogP contribution is 2.41. The van der Waals surface area contributed by atoms with Gasteiger partial charge in [-0.05, 0) is 55.0 Å². The van der Waals surface area contributed by atoms with E-state index < -0.39 is 0 Å². The van der Waals surface area contributed by atoms with Gasteiger partial charge in [-0.15, -0.1) is 0 Å². The summed E-state index contributed by atoms with van der Waals surface area (Å²) in [7, 11) is 0.